The minimum Gasteiger partial charge on any atom is -0.333 e. The molecule has 0 saturated carbocycles. The highest BCUT2D eigenvalue weighted by atomic mass is 32.1. The fourth-order valence-electron chi connectivity index (χ4n) is 2.30. The summed E-state index contributed by atoms with van der Waals surface area (Å²) in [6.45, 7) is 3.96. The van der Waals surface area contributed by atoms with Gasteiger partial charge in [0.05, 0.1) is 12.4 Å². The van der Waals surface area contributed by atoms with Gasteiger partial charge in [0.25, 0.3) is 5.91 Å². The normalized spacial score (nSPS) is 12.1. The van der Waals surface area contributed by atoms with Crippen LogP contribution in [0.3, 0.4) is 0 Å². The first-order valence-corrected chi connectivity index (χ1v) is 8.22. The Morgan fingerprint density at radius 2 is 2.04 bits per heavy atom. The largest absolute Gasteiger partial charge is 0.333 e. The molecule has 0 saturated heterocycles. The summed E-state index contributed by atoms with van der Waals surface area (Å²) in [6, 6.07) is 7.47. The van der Waals surface area contributed by atoms with Crippen molar-refractivity contribution < 1.29 is 4.79 Å². The van der Waals surface area contributed by atoms with Crippen molar-refractivity contribution in [1.29, 1.82) is 0 Å². The molecule has 6 heteroatoms. The standard InChI is InChI=1S/C17H18N4OS/c1-12-10-23-16(19-12)13(2)20(3)17(22)14-4-6-15(7-5-14)21-9-8-18-11-21/h4-11,13H,1-3H3/t13-/m1/s1. The van der Waals surface area contributed by atoms with E-state index in [0.717, 1.165) is 16.4 Å². The molecule has 0 unspecified atom stereocenters. The van der Waals surface area contributed by atoms with Crippen LogP contribution in [0.4, 0.5) is 0 Å². The number of aryl methyl sites for hydroxylation is 1. The van der Waals surface area contributed by atoms with Crippen LogP contribution in [-0.2, 0) is 0 Å². The second kappa shape index (κ2) is 6.34. The van der Waals surface area contributed by atoms with Gasteiger partial charge in [0, 0.05) is 41.8 Å². The van der Waals surface area contributed by atoms with E-state index in [1.807, 2.05) is 61.3 Å². The molecule has 1 atom stereocenters. The molecule has 0 fully saturated rings. The predicted octanol–water partition coefficient (Wildman–Crippen LogP) is 3.47. The lowest BCUT2D eigenvalue weighted by molar-refractivity contribution is 0.0742. The van der Waals surface area contributed by atoms with Gasteiger partial charge >= 0.3 is 0 Å². The van der Waals surface area contributed by atoms with E-state index in [0.29, 0.717) is 5.56 Å². The first-order chi connectivity index (χ1) is 11.1. The van der Waals surface area contributed by atoms with Crippen LogP contribution in [0.2, 0.25) is 0 Å². The van der Waals surface area contributed by atoms with E-state index in [2.05, 4.69) is 9.97 Å². The minimum atomic E-state index is -0.0467. The number of rotatable bonds is 4. The van der Waals surface area contributed by atoms with Crippen LogP contribution in [0.1, 0.15) is 34.0 Å². The molecule has 0 radical (unpaired) electrons. The van der Waals surface area contributed by atoms with Gasteiger partial charge in [-0.05, 0) is 38.1 Å². The van der Waals surface area contributed by atoms with Crippen LogP contribution in [0.15, 0.2) is 48.4 Å². The molecule has 0 spiro atoms. The Labute approximate surface area is 139 Å². The van der Waals surface area contributed by atoms with Crippen molar-refractivity contribution in [2.24, 2.45) is 0 Å². The minimum absolute atomic E-state index is 0.0115. The lowest BCUT2D eigenvalue weighted by Gasteiger charge is -2.23. The van der Waals surface area contributed by atoms with E-state index in [1.54, 1.807) is 28.8 Å². The van der Waals surface area contributed by atoms with Gasteiger partial charge in [-0.25, -0.2) is 9.97 Å². The lowest BCUT2D eigenvalue weighted by atomic mass is 10.1. The average Bonchev–Trinajstić information content (AvgIpc) is 3.24. The molecular formula is C17H18N4OS. The van der Waals surface area contributed by atoms with E-state index in [1.165, 1.54) is 0 Å². The zero-order chi connectivity index (χ0) is 16.4. The van der Waals surface area contributed by atoms with Crippen molar-refractivity contribution in [3.05, 3.63) is 64.6 Å². The van der Waals surface area contributed by atoms with Crippen molar-refractivity contribution in [3.63, 3.8) is 0 Å². The number of thiazole rings is 1. The molecule has 1 amide bonds. The SMILES string of the molecule is Cc1csc([C@@H](C)N(C)C(=O)c2ccc(-n3ccnc3)cc2)n1. The Hall–Kier alpha value is -2.47. The zero-order valence-corrected chi connectivity index (χ0v) is 14.1. The van der Waals surface area contributed by atoms with Gasteiger partial charge in [-0.2, -0.15) is 0 Å². The molecule has 3 rings (SSSR count). The third-order valence-corrected chi connectivity index (χ3v) is 4.95. The van der Waals surface area contributed by atoms with E-state index >= 15 is 0 Å². The van der Waals surface area contributed by atoms with Crippen molar-refractivity contribution in [3.8, 4) is 5.69 Å². The molecule has 2 heterocycles. The quantitative estimate of drug-likeness (QED) is 0.737. The number of aromatic nitrogens is 3. The van der Waals surface area contributed by atoms with Crippen LogP contribution < -0.4 is 0 Å². The highest BCUT2D eigenvalue weighted by Crippen LogP contribution is 2.24. The van der Waals surface area contributed by atoms with E-state index in [9.17, 15) is 4.79 Å². The zero-order valence-electron chi connectivity index (χ0n) is 13.3. The van der Waals surface area contributed by atoms with Crippen LogP contribution in [-0.4, -0.2) is 32.4 Å². The van der Waals surface area contributed by atoms with Gasteiger partial charge < -0.3 is 9.47 Å². The Morgan fingerprint density at radius 3 is 2.61 bits per heavy atom. The smallest absolute Gasteiger partial charge is 0.254 e. The highest BCUT2D eigenvalue weighted by Gasteiger charge is 2.21. The fraction of sp³-hybridized carbons (Fsp3) is 0.235. The maximum Gasteiger partial charge on any atom is 0.254 e. The first-order valence-electron chi connectivity index (χ1n) is 7.34. The molecule has 0 bridgehead atoms. The molecular weight excluding hydrogens is 308 g/mol. The number of imidazole rings is 1. The van der Waals surface area contributed by atoms with Gasteiger partial charge in [-0.15, -0.1) is 11.3 Å². The predicted molar refractivity (Wildman–Crippen MR) is 90.9 cm³/mol. The van der Waals surface area contributed by atoms with Crippen LogP contribution >= 0.6 is 11.3 Å². The molecule has 0 aliphatic rings. The third kappa shape index (κ3) is 3.17. The number of nitrogens with zero attached hydrogens (tertiary/aromatic N) is 4. The topological polar surface area (TPSA) is 51.0 Å². The Morgan fingerprint density at radius 1 is 1.30 bits per heavy atom. The second-order valence-electron chi connectivity index (χ2n) is 5.44. The molecule has 118 valence electrons. The summed E-state index contributed by atoms with van der Waals surface area (Å²) in [6.07, 6.45) is 5.33. The van der Waals surface area contributed by atoms with Crippen molar-refractivity contribution >= 4 is 17.2 Å². The van der Waals surface area contributed by atoms with E-state index in [-0.39, 0.29) is 11.9 Å². The van der Waals surface area contributed by atoms with Crippen LogP contribution in [0.5, 0.6) is 0 Å². The molecule has 23 heavy (non-hydrogen) atoms. The number of benzene rings is 1. The van der Waals surface area contributed by atoms with E-state index in [4.69, 9.17) is 0 Å². The average molecular weight is 326 g/mol. The summed E-state index contributed by atoms with van der Waals surface area (Å²) in [5.41, 5.74) is 2.63. The Balaban J connectivity index is 1.77. The van der Waals surface area contributed by atoms with Gasteiger partial charge in [0.15, 0.2) is 0 Å². The summed E-state index contributed by atoms with van der Waals surface area (Å²) in [4.78, 5) is 22.9. The van der Waals surface area contributed by atoms with E-state index < -0.39 is 0 Å². The lowest BCUT2D eigenvalue weighted by Crippen LogP contribution is -2.29. The van der Waals surface area contributed by atoms with Gasteiger partial charge in [0.1, 0.15) is 5.01 Å². The number of carbonyl (C=O) groups excluding carboxylic acids is 1. The molecule has 0 N–H and O–H groups in total. The fourth-order valence-corrected chi connectivity index (χ4v) is 3.19. The van der Waals surface area contributed by atoms with Gasteiger partial charge in [-0.3, -0.25) is 4.79 Å². The molecule has 5 nitrogen and oxygen atoms in total. The number of hydrogen-bond acceptors (Lipinski definition) is 4. The summed E-state index contributed by atoms with van der Waals surface area (Å²) in [7, 11) is 1.81. The van der Waals surface area contributed by atoms with Crippen LogP contribution in [0.25, 0.3) is 5.69 Å². The van der Waals surface area contributed by atoms with Gasteiger partial charge in [-0.1, -0.05) is 0 Å². The Kier molecular flexibility index (Phi) is 4.25. The first kappa shape index (κ1) is 15.4. The maximum absolute atomic E-state index is 12.6. The van der Waals surface area contributed by atoms with Crippen molar-refractivity contribution in [2.45, 2.75) is 19.9 Å². The monoisotopic (exact) mass is 326 g/mol. The number of hydrogen-bond donors (Lipinski definition) is 0. The van der Waals surface area contributed by atoms with Crippen LogP contribution in [0, 0.1) is 6.92 Å². The molecule has 1 aromatic carbocycles. The number of carbonyl (C=O) groups is 1. The summed E-state index contributed by atoms with van der Waals surface area (Å²) < 4.78 is 1.90. The second-order valence-corrected chi connectivity index (χ2v) is 6.33. The molecule has 3 aromatic rings. The number of amides is 1. The van der Waals surface area contributed by atoms with Crippen molar-refractivity contribution in [1.82, 2.24) is 19.4 Å². The summed E-state index contributed by atoms with van der Waals surface area (Å²) in [5, 5.41) is 2.96. The third-order valence-electron chi connectivity index (χ3n) is 3.81. The maximum atomic E-state index is 12.6. The van der Waals surface area contributed by atoms with Crippen molar-refractivity contribution in [2.75, 3.05) is 7.05 Å². The van der Waals surface area contributed by atoms with Gasteiger partial charge in [0.2, 0.25) is 0 Å². The summed E-state index contributed by atoms with van der Waals surface area (Å²) in [5.74, 6) is -0.0115. The molecule has 2 aromatic heterocycles. The Bertz CT molecular complexity index is 792. The molecule has 0 aliphatic heterocycles. The highest BCUT2D eigenvalue weighted by molar-refractivity contribution is 7.09. The molecule has 0 aliphatic carbocycles. The summed E-state index contributed by atoms with van der Waals surface area (Å²) >= 11 is 1.58.